The van der Waals surface area contributed by atoms with Gasteiger partial charge in [0.2, 0.25) is 11.8 Å². The second-order valence-corrected chi connectivity index (χ2v) is 7.28. The zero-order valence-corrected chi connectivity index (χ0v) is 17.0. The molecule has 2 heterocycles. The fourth-order valence-corrected chi connectivity index (χ4v) is 3.75. The van der Waals surface area contributed by atoms with Gasteiger partial charge in [0.15, 0.2) is 0 Å². The highest BCUT2D eigenvalue weighted by Crippen LogP contribution is 2.12. The number of rotatable bonds is 7. The smallest absolute Gasteiger partial charge is 0.236 e. The Morgan fingerprint density at radius 2 is 1.89 bits per heavy atom. The maximum atomic E-state index is 12.7. The van der Waals surface area contributed by atoms with Gasteiger partial charge in [-0.1, -0.05) is 12.1 Å². The van der Waals surface area contributed by atoms with E-state index >= 15 is 0 Å². The van der Waals surface area contributed by atoms with Crippen LogP contribution in [0.4, 0.5) is 0 Å². The van der Waals surface area contributed by atoms with E-state index in [4.69, 9.17) is 0 Å². The number of hydrogen-bond acceptors (Lipinski definition) is 4. The van der Waals surface area contributed by atoms with E-state index in [1.165, 1.54) is 0 Å². The molecule has 2 aromatic rings. The van der Waals surface area contributed by atoms with Crippen molar-refractivity contribution in [2.45, 2.75) is 33.1 Å². The van der Waals surface area contributed by atoms with Crippen molar-refractivity contribution < 1.29 is 9.59 Å². The summed E-state index contributed by atoms with van der Waals surface area (Å²) < 4.78 is 0. The van der Waals surface area contributed by atoms with Crippen LogP contribution in [0.1, 0.15) is 32.5 Å². The molecule has 2 amide bonds. The van der Waals surface area contributed by atoms with Crippen molar-refractivity contribution >= 4 is 22.8 Å². The Morgan fingerprint density at radius 3 is 2.64 bits per heavy atom. The average molecular weight is 386 g/mol. The third kappa shape index (κ3) is 5.10. The summed E-state index contributed by atoms with van der Waals surface area (Å²) in [5.41, 5.74) is 1.95. The second-order valence-electron chi connectivity index (χ2n) is 7.28. The highest BCUT2D eigenvalue weighted by atomic mass is 16.2. The molecule has 1 aliphatic rings. The van der Waals surface area contributed by atoms with Crippen molar-refractivity contribution in [2.75, 3.05) is 45.8 Å². The van der Waals surface area contributed by atoms with Gasteiger partial charge in [-0.25, -0.2) is 4.98 Å². The van der Waals surface area contributed by atoms with Crippen LogP contribution in [0.5, 0.6) is 0 Å². The molecule has 0 unspecified atom stereocenters. The number of hydrogen-bond donors (Lipinski definition) is 1. The number of carbonyl (C=O) groups is 2. The summed E-state index contributed by atoms with van der Waals surface area (Å²) in [7, 11) is 0. The van der Waals surface area contributed by atoms with Crippen molar-refractivity contribution in [3.8, 4) is 0 Å². The quantitative estimate of drug-likeness (QED) is 0.790. The number of aryl methyl sites for hydroxylation is 1. The van der Waals surface area contributed by atoms with Gasteiger partial charge in [-0.05, 0) is 32.4 Å². The molecule has 1 fully saturated rings. The van der Waals surface area contributed by atoms with Crippen molar-refractivity contribution in [2.24, 2.45) is 0 Å². The summed E-state index contributed by atoms with van der Waals surface area (Å²) in [6.07, 6.45) is 1.98. The minimum absolute atomic E-state index is 0.164. The summed E-state index contributed by atoms with van der Waals surface area (Å²) in [4.78, 5) is 38.8. The van der Waals surface area contributed by atoms with Gasteiger partial charge in [-0.15, -0.1) is 0 Å². The van der Waals surface area contributed by atoms with Crippen LogP contribution >= 0.6 is 0 Å². The number of benzene rings is 1. The third-order valence-electron chi connectivity index (χ3n) is 5.43. The Morgan fingerprint density at radius 1 is 1.11 bits per heavy atom. The number of amides is 2. The molecule has 1 aromatic heterocycles. The highest BCUT2D eigenvalue weighted by molar-refractivity contribution is 5.78. The first-order valence-corrected chi connectivity index (χ1v) is 10.3. The number of imidazole rings is 1. The number of aromatic nitrogens is 2. The lowest BCUT2D eigenvalue weighted by Gasteiger charge is -2.25. The van der Waals surface area contributed by atoms with E-state index in [0.717, 1.165) is 56.0 Å². The number of carbonyl (C=O) groups excluding carboxylic acids is 2. The summed E-state index contributed by atoms with van der Waals surface area (Å²) in [5.74, 6) is 1.20. The van der Waals surface area contributed by atoms with E-state index < -0.39 is 0 Å². The Balaban J connectivity index is 1.47. The van der Waals surface area contributed by atoms with Gasteiger partial charge in [0.25, 0.3) is 0 Å². The molecule has 3 rings (SSSR count). The van der Waals surface area contributed by atoms with Gasteiger partial charge in [0.1, 0.15) is 5.82 Å². The fourth-order valence-electron chi connectivity index (χ4n) is 3.75. The first kappa shape index (κ1) is 20.3. The van der Waals surface area contributed by atoms with E-state index in [1.807, 2.05) is 47.9 Å². The monoisotopic (exact) mass is 385 g/mol. The SMILES string of the molecule is CCN(CC)C(=O)CN1CCCN(C(=O)CCc2nc3ccccc3[nH]2)CC1. The maximum absolute atomic E-state index is 12.7. The predicted molar refractivity (Wildman–Crippen MR) is 110 cm³/mol. The first-order valence-electron chi connectivity index (χ1n) is 10.3. The standard InChI is InChI=1S/C21H31N5O2/c1-3-25(4-2)21(28)16-24-12-7-13-26(15-14-24)20(27)11-10-19-22-17-8-5-6-9-18(17)23-19/h5-6,8-9H,3-4,7,10-16H2,1-2H3,(H,22,23). The Bertz CT molecular complexity index is 766. The van der Waals surface area contributed by atoms with Crippen LogP contribution in [-0.2, 0) is 16.0 Å². The minimum Gasteiger partial charge on any atom is -0.342 e. The number of nitrogens with one attached hydrogen (secondary N) is 1. The van der Waals surface area contributed by atoms with Crippen molar-refractivity contribution in [3.63, 3.8) is 0 Å². The maximum Gasteiger partial charge on any atom is 0.236 e. The van der Waals surface area contributed by atoms with Gasteiger partial charge < -0.3 is 14.8 Å². The van der Waals surface area contributed by atoms with Crippen LogP contribution in [0.3, 0.4) is 0 Å². The highest BCUT2D eigenvalue weighted by Gasteiger charge is 2.21. The summed E-state index contributed by atoms with van der Waals surface area (Å²) in [6, 6.07) is 7.91. The van der Waals surface area contributed by atoms with Crippen molar-refractivity contribution in [3.05, 3.63) is 30.1 Å². The largest absolute Gasteiger partial charge is 0.342 e. The topological polar surface area (TPSA) is 72.5 Å². The van der Waals surface area contributed by atoms with E-state index in [2.05, 4.69) is 14.9 Å². The second kappa shape index (κ2) is 9.68. The molecule has 152 valence electrons. The minimum atomic E-state index is 0.164. The molecule has 7 heteroatoms. The molecule has 1 aromatic carbocycles. The zero-order chi connectivity index (χ0) is 19.9. The zero-order valence-electron chi connectivity index (χ0n) is 17.0. The molecule has 1 aliphatic heterocycles. The molecule has 0 radical (unpaired) electrons. The Hall–Kier alpha value is -2.41. The Labute approximate surface area is 166 Å². The molecule has 1 saturated heterocycles. The van der Waals surface area contributed by atoms with Crippen LogP contribution in [0.2, 0.25) is 0 Å². The van der Waals surface area contributed by atoms with E-state index in [-0.39, 0.29) is 11.8 Å². The van der Waals surface area contributed by atoms with Gasteiger partial charge in [-0.2, -0.15) is 0 Å². The molecular formula is C21H31N5O2. The number of para-hydroxylation sites is 2. The van der Waals surface area contributed by atoms with E-state index in [9.17, 15) is 9.59 Å². The van der Waals surface area contributed by atoms with Crippen molar-refractivity contribution in [1.82, 2.24) is 24.7 Å². The van der Waals surface area contributed by atoms with Crippen LogP contribution in [0, 0.1) is 0 Å². The van der Waals surface area contributed by atoms with Crippen LogP contribution < -0.4 is 0 Å². The van der Waals surface area contributed by atoms with Crippen LogP contribution in [0.25, 0.3) is 11.0 Å². The Kier molecular flexibility index (Phi) is 7.03. The third-order valence-corrected chi connectivity index (χ3v) is 5.43. The average Bonchev–Trinajstić information content (AvgIpc) is 2.98. The van der Waals surface area contributed by atoms with Gasteiger partial charge >= 0.3 is 0 Å². The number of likely N-dealkylation sites (N-methyl/N-ethyl adjacent to an activating group) is 1. The fraction of sp³-hybridized carbons (Fsp3) is 0.571. The lowest BCUT2D eigenvalue weighted by atomic mass is 10.2. The lowest BCUT2D eigenvalue weighted by molar-refractivity contribution is -0.132. The number of H-pyrrole nitrogens is 1. The normalized spacial score (nSPS) is 15.6. The lowest BCUT2D eigenvalue weighted by Crippen LogP contribution is -2.42. The summed E-state index contributed by atoms with van der Waals surface area (Å²) in [5, 5.41) is 0. The first-order chi connectivity index (χ1) is 13.6. The number of nitrogens with zero attached hydrogens (tertiary/aromatic N) is 4. The van der Waals surface area contributed by atoms with Gasteiger partial charge in [0.05, 0.1) is 17.6 Å². The van der Waals surface area contributed by atoms with Crippen LogP contribution in [0.15, 0.2) is 24.3 Å². The molecule has 28 heavy (non-hydrogen) atoms. The van der Waals surface area contributed by atoms with Crippen LogP contribution in [-0.4, -0.2) is 82.3 Å². The molecular weight excluding hydrogens is 354 g/mol. The number of fused-ring (bicyclic) bond motifs is 1. The van der Waals surface area contributed by atoms with Gasteiger partial charge in [-0.3, -0.25) is 14.5 Å². The van der Waals surface area contributed by atoms with E-state index in [1.54, 1.807) is 0 Å². The molecule has 0 saturated carbocycles. The molecule has 7 nitrogen and oxygen atoms in total. The van der Waals surface area contributed by atoms with Gasteiger partial charge in [0, 0.05) is 52.1 Å². The summed E-state index contributed by atoms with van der Waals surface area (Å²) >= 11 is 0. The van der Waals surface area contributed by atoms with E-state index in [0.29, 0.717) is 25.9 Å². The molecule has 0 aliphatic carbocycles. The number of aromatic amines is 1. The molecule has 0 atom stereocenters. The summed E-state index contributed by atoms with van der Waals surface area (Å²) in [6.45, 7) is 9.01. The van der Waals surface area contributed by atoms with Crippen molar-refractivity contribution in [1.29, 1.82) is 0 Å². The molecule has 0 spiro atoms. The molecule has 1 N–H and O–H groups in total. The predicted octanol–water partition coefficient (Wildman–Crippen LogP) is 1.90. The molecule has 0 bridgehead atoms.